The summed E-state index contributed by atoms with van der Waals surface area (Å²) in [6, 6.07) is 0. The van der Waals surface area contributed by atoms with E-state index in [1.54, 1.807) is 0 Å². The van der Waals surface area contributed by atoms with Gasteiger partial charge in [-0.15, -0.1) is 0 Å². The minimum atomic E-state index is -0.125. The Bertz CT molecular complexity index is 153. The summed E-state index contributed by atoms with van der Waals surface area (Å²) in [6.07, 6.45) is 0.441. The first-order valence-corrected chi connectivity index (χ1v) is 5.04. The molecule has 84 valence electrons. The lowest BCUT2D eigenvalue weighted by molar-refractivity contribution is -0.121. The van der Waals surface area contributed by atoms with Crippen LogP contribution in [0.1, 0.15) is 20.3 Å². The number of carbonyl (C=O) groups excluding carboxylic acids is 1. The van der Waals surface area contributed by atoms with Crippen molar-refractivity contribution < 1.29 is 9.53 Å². The summed E-state index contributed by atoms with van der Waals surface area (Å²) in [7, 11) is 0. The van der Waals surface area contributed by atoms with Gasteiger partial charge in [0, 0.05) is 26.1 Å². The Kier molecular flexibility index (Phi) is 8.51. The molecule has 1 amide bonds. The number of likely N-dealkylation sites (N-methyl/N-ethyl adjacent to an activating group) is 1. The van der Waals surface area contributed by atoms with Crippen LogP contribution < -0.4 is 11.3 Å². The third kappa shape index (κ3) is 6.82. The predicted octanol–water partition coefficient (Wildman–Crippen LogP) is -0.275. The van der Waals surface area contributed by atoms with Crippen LogP contribution in [0.5, 0.6) is 0 Å². The molecular weight excluding hydrogens is 182 g/mol. The zero-order valence-electron chi connectivity index (χ0n) is 9.08. The van der Waals surface area contributed by atoms with Crippen molar-refractivity contribution in [2.75, 3.05) is 32.8 Å². The van der Waals surface area contributed by atoms with Crippen molar-refractivity contribution in [2.45, 2.75) is 20.3 Å². The van der Waals surface area contributed by atoms with Gasteiger partial charge in [-0.05, 0) is 13.5 Å². The molecule has 0 aromatic carbocycles. The van der Waals surface area contributed by atoms with Gasteiger partial charge in [0.25, 0.3) is 0 Å². The van der Waals surface area contributed by atoms with E-state index in [2.05, 4.69) is 17.2 Å². The zero-order valence-corrected chi connectivity index (χ0v) is 9.08. The normalized spacial score (nSPS) is 10.6. The topological polar surface area (TPSA) is 67.6 Å². The first kappa shape index (κ1) is 13.4. The van der Waals surface area contributed by atoms with Crippen LogP contribution in [-0.2, 0) is 9.53 Å². The summed E-state index contributed by atoms with van der Waals surface area (Å²) in [5, 5.41) is 0. The van der Waals surface area contributed by atoms with Gasteiger partial charge in [0.05, 0.1) is 6.61 Å². The van der Waals surface area contributed by atoms with E-state index in [0.29, 0.717) is 13.0 Å². The molecular formula is C9H21N3O2. The fraction of sp³-hybridized carbons (Fsp3) is 0.889. The highest BCUT2D eigenvalue weighted by molar-refractivity contribution is 5.75. The van der Waals surface area contributed by atoms with E-state index in [4.69, 9.17) is 10.6 Å². The van der Waals surface area contributed by atoms with E-state index in [-0.39, 0.29) is 5.91 Å². The second kappa shape index (κ2) is 8.93. The summed E-state index contributed by atoms with van der Waals surface area (Å²) in [5.74, 6) is 4.85. The van der Waals surface area contributed by atoms with Crippen LogP contribution in [0.4, 0.5) is 0 Å². The van der Waals surface area contributed by atoms with Crippen molar-refractivity contribution in [3.8, 4) is 0 Å². The Balaban J connectivity index is 3.52. The molecule has 0 heterocycles. The zero-order chi connectivity index (χ0) is 10.8. The van der Waals surface area contributed by atoms with E-state index in [1.165, 1.54) is 0 Å². The van der Waals surface area contributed by atoms with E-state index in [9.17, 15) is 4.79 Å². The van der Waals surface area contributed by atoms with E-state index in [0.717, 1.165) is 26.2 Å². The molecule has 0 aliphatic carbocycles. The van der Waals surface area contributed by atoms with Crippen LogP contribution in [0, 0.1) is 0 Å². The third-order valence-corrected chi connectivity index (χ3v) is 2.02. The van der Waals surface area contributed by atoms with Crippen molar-refractivity contribution >= 4 is 5.91 Å². The maximum absolute atomic E-state index is 10.9. The first-order chi connectivity index (χ1) is 6.74. The highest BCUT2D eigenvalue weighted by atomic mass is 16.5. The number of nitrogens with two attached hydrogens (primary N) is 1. The SMILES string of the molecule is CCOCCN(CC)CCC(=O)NN. The lowest BCUT2D eigenvalue weighted by atomic mass is 10.3. The van der Waals surface area contributed by atoms with Crippen molar-refractivity contribution in [1.82, 2.24) is 10.3 Å². The van der Waals surface area contributed by atoms with Crippen LogP contribution in [0.3, 0.4) is 0 Å². The fourth-order valence-electron chi connectivity index (χ4n) is 1.10. The molecule has 0 radical (unpaired) electrons. The lowest BCUT2D eigenvalue weighted by Crippen LogP contribution is -2.35. The lowest BCUT2D eigenvalue weighted by Gasteiger charge is -2.19. The number of hydrogen-bond donors (Lipinski definition) is 2. The van der Waals surface area contributed by atoms with E-state index >= 15 is 0 Å². The summed E-state index contributed by atoms with van der Waals surface area (Å²) < 4.78 is 5.23. The molecule has 0 saturated heterocycles. The molecule has 5 nitrogen and oxygen atoms in total. The van der Waals surface area contributed by atoms with Crippen LogP contribution in [0.25, 0.3) is 0 Å². The van der Waals surface area contributed by atoms with Crippen LogP contribution in [0.2, 0.25) is 0 Å². The average molecular weight is 203 g/mol. The minimum Gasteiger partial charge on any atom is -0.380 e. The number of rotatable bonds is 8. The molecule has 3 N–H and O–H groups in total. The first-order valence-electron chi connectivity index (χ1n) is 5.04. The highest BCUT2D eigenvalue weighted by Crippen LogP contribution is 1.91. The molecule has 0 atom stereocenters. The van der Waals surface area contributed by atoms with Gasteiger partial charge in [0.1, 0.15) is 0 Å². The number of nitrogens with zero attached hydrogens (tertiary/aromatic N) is 1. The number of carbonyl (C=O) groups is 1. The molecule has 0 spiro atoms. The monoisotopic (exact) mass is 203 g/mol. The van der Waals surface area contributed by atoms with Gasteiger partial charge in [-0.25, -0.2) is 5.84 Å². The van der Waals surface area contributed by atoms with Crippen LogP contribution >= 0.6 is 0 Å². The number of amides is 1. The minimum absolute atomic E-state index is 0.125. The molecule has 0 bridgehead atoms. The Labute approximate surface area is 85.6 Å². The summed E-state index contributed by atoms with van der Waals surface area (Å²) >= 11 is 0. The Morgan fingerprint density at radius 1 is 1.43 bits per heavy atom. The van der Waals surface area contributed by atoms with E-state index < -0.39 is 0 Å². The van der Waals surface area contributed by atoms with Crippen molar-refractivity contribution in [1.29, 1.82) is 0 Å². The predicted molar refractivity (Wildman–Crippen MR) is 55.6 cm³/mol. The fourth-order valence-corrected chi connectivity index (χ4v) is 1.10. The van der Waals surface area contributed by atoms with Gasteiger partial charge in [0.2, 0.25) is 5.91 Å². The molecule has 0 rings (SSSR count). The third-order valence-electron chi connectivity index (χ3n) is 2.02. The van der Waals surface area contributed by atoms with Crippen molar-refractivity contribution in [3.05, 3.63) is 0 Å². The molecule has 0 aliphatic heterocycles. The molecule has 0 aromatic heterocycles. The second-order valence-corrected chi connectivity index (χ2v) is 2.95. The number of hydrogen-bond acceptors (Lipinski definition) is 4. The standard InChI is InChI=1S/C9H21N3O2/c1-3-12(7-8-14-4-2)6-5-9(13)11-10/h3-8,10H2,1-2H3,(H,11,13). The largest absolute Gasteiger partial charge is 0.380 e. The Morgan fingerprint density at radius 3 is 2.64 bits per heavy atom. The molecule has 0 aliphatic rings. The summed E-state index contributed by atoms with van der Waals surface area (Å²) in [5.41, 5.74) is 2.11. The van der Waals surface area contributed by atoms with Gasteiger partial charge in [-0.3, -0.25) is 10.2 Å². The van der Waals surface area contributed by atoms with Gasteiger partial charge < -0.3 is 9.64 Å². The molecule has 0 saturated carbocycles. The smallest absolute Gasteiger partial charge is 0.235 e. The molecule has 14 heavy (non-hydrogen) atoms. The molecule has 0 fully saturated rings. The average Bonchev–Trinajstić information content (AvgIpc) is 2.22. The molecule has 0 aromatic rings. The maximum atomic E-state index is 10.9. The van der Waals surface area contributed by atoms with Crippen molar-refractivity contribution in [3.63, 3.8) is 0 Å². The Morgan fingerprint density at radius 2 is 2.14 bits per heavy atom. The summed E-state index contributed by atoms with van der Waals surface area (Å²) in [4.78, 5) is 13.0. The van der Waals surface area contributed by atoms with E-state index in [1.807, 2.05) is 6.92 Å². The quantitative estimate of drug-likeness (QED) is 0.246. The second-order valence-electron chi connectivity index (χ2n) is 2.95. The number of nitrogens with one attached hydrogen (secondary N) is 1. The Hall–Kier alpha value is -0.650. The van der Waals surface area contributed by atoms with Crippen molar-refractivity contribution in [2.24, 2.45) is 5.84 Å². The van der Waals surface area contributed by atoms with Gasteiger partial charge in [-0.1, -0.05) is 6.92 Å². The van der Waals surface area contributed by atoms with Gasteiger partial charge in [-0.2, -0.15) is 0 Å². The molecule has 5 heteroatoms. The van der Waals surface area contributed by atoms with Crippen LogP contribution in [0.15, 0.2) is 0 Å². The highest BCUT2D eigenvalue weighted by Gasteiger charge is 2.04. The summed E-state index contributed by atoms with van der Waals surface area (Å²) in [6.45, 7) is 8.00. The number of hydrazine groups is 1. The molecule has 0 unspecified atom stereocenters. The number of ether oxygens (including phenoxy) is 1. The van der Waals surface area contributed by atoms with Gasteiger partial charge >= 0.3 is 0 Å². The van der Waals surface area contributed by atoms with Crippen LogP contribution in [-0.4, -0.2) is 43.7 Å². The van der Waals surface area contributed by atoms with Gasteiger partial charge in [0.15, 0.2) is 0 Å². The maximum Gasteiger partial charge on any atom is 0.235 e.